The maximum atomic E-state index is 12.1. The maximum Gasteiger partial charge on any atom is 0.335 e. The lowest BCUT2D eigenvalue weighted by atomic mass is 10.1. The van der Waals surface area contributed by atoms with E-state index in [1.54, 1.807) is 28.9 Å². The Morgan fingerprint density at radius 1 is 0.554 bits per heavy atom. The second kappa shape index (κ2) is 17.1. The molecule has 8 aromatic rings. The number of thioether (sulfide) groups is 1. The summed E-state index contributed by atoms with van der Waals surface area (Å²) in [4.78, 5) is 51.5. The number of hydrogen-bond donors (Lipinski definition) is 2. The molecule has 2 N–H and O–H groups in total. The minimum Gasteiger partial charge on any atom is -0.478 e. The normalized spacial score (nSPS) is 11.3. The number of thiazole rings is 1. The number of nitrogens with zero attached hydrogens (tertiary/aromatic N) is 4. The molecule has 0 atom stereocenters. The third-order valence-electron chi connectivity index (χ3n) is 8.73. The number of rotatable bonds is 15. The van der Waals surface area contributed by atoms with Crippen LogP contribution in [-0.4, -0.2) is 47.8 Å². The van der Waals surface area contributed by atoms with Crippen molar-refractivity contribution in [3.05, 3.63) is 115 Å². The van der Waals surface area contributed by atoms with Gasteiger partial charge >= 0.3 is 11.9 Å². The zero-order valence-corrected chi connectivity index (χ0v) is 34.7. The number of aromatic carboxylic acids is 2. The Labute approximate surface area is 347 Å². The topological polar surface area (TPSA) is 126 Å². The highest BCUT2D eigenvalue weighted by atomic mass is 32.2. The molecule has 0 saturated heterocycles. The molecule has 8 heterocycles. The number of unbranched alkanes of at least 4 members (excludes halogenated alkanes) is 3. The lowest BCUT2D eigenvalue weighted by molar-refractivity contribution is 0.0686. The van der Waals surface area contributed by atoms with Crippen molar-refractivity contribution in [2.75, 3.05) is 5.75 Å². The Kier molecular flexibility index (Phi) is 11.6. The van der Waals surface area contributed by atoms with Crippen molar-refractivity contribution in [1.82, 2.24) is 19.9 Å². The van der Waals surface area contributed by atoms with E-state index in [0.29, 0.717) is 11.4 Å². The standard InChI is InChI=1S/C42H32N4O4S6/c1-2-3-4-5-18-51-39-13-12-36(55-39)35-9-8-32(53-35)31-6-7-33(52-31)34-10-11-37(54-34)38-23-45-40(56-38)24-14-16-43-27(19-24)29-21-26(42(49)50)22-30(46-29)28-20-25(41(47)48)15-17-44-28/h6-17,19-23H,2-5,18H2,1H3,(H,47,48)(H,49,50). The van der Waals surface area contributed by atoms with Crippen LogP contribution in [0.5, 0.6) is 0 Å². The van der Waals surface area contributed by atoms with Gasteiger partial charge in [-0.15, -0.1) is 68.4 Å². The molecule has 0 saturated carbocycles. The van der Waals surface area contributed by atoms with Crippen molar-refractivity contribution < 1.29 is 19.8 Å². The summed E-state index contributed by atoms with van der Waals surface area (Å²) in [5, 5.41) is 20.1. The Bertz CT molecular complexity index is 2670. The van der Waals surface area contributed by atoms with E-state index >= 15 is 0 Å². The summed E-state index contributed by atoms with van der Waals surface area (Å²) in [5.74, 6) is -1.08. The minimum atomic E-state index is -1.15. The van der Waals surface area contributed by atoms with Gasteiger partial charge in [0.05, 0.1) is 43.0 Å². The molecule has 14 heteroatoms. The monoisotopic (exact) mass is 848 g/mol. The highest BCUT2D eigenvalue weighted by Gasteiger charge is 2.17. The second-order valence-electron chi connectivity index (χ2n) is 12.6. The fourth-order valence-electron chi connectivity index (χ4n) is 5.89. The summed E-state index contributed by atoms with van der Waals surface area (Å²) in [6.07, 6.45) is 10.1. The van der Waals surface area contributed by atoms with E-state index in [4.69, 9.17) is 4.98 Å². The molecule has 280 valence electrons. The predicted molar refractivity (Wildman–Crippen MR) is 234 cm³/mol. The minimum absolute atomic E-state index is 0.0161. The van der Waals surface area contributed by atoms with Gasteiger partial charge in [-0.05, 0) is 97.1 Å². The molecule has 0 radical (unpaired) electrons. The SMILES string of the molecule is CCCCCCSc1ccc(-c2ccc(-c3ccc(-c4ccc(-c5cnc(-c6ccnc(-c7cc(C(=O)O)cc(-c8cc(C(=O)O)ccn8)n7)c6)s5)s4)s3)s2)s1. The van der Waals surface area contributed by atoms with Crippen LogP contribution in [0.2, 0.25) is 0 Å². The van der Waals surface area contributed by atoms with E-state index in [-0.39, 0.29) is 22.5 Å². The predicted octanol–water partition coefficient (Wildman–Crippen LogP) is 13.3. The molecule has 0 aliphatic rings. The molecule has 8 rings (SSSR count). The first-order chi connectivity index (χ1) is 27.3. The van der Waals surface area contributed by atoms with Crippen molar-refractivity contribution >= 4 is 80.4 Å². The molecule has 0 fully saturated rings. The summed E-state index contributed by atoms with van der Waals surface area (Å²) in [7, 11) is 0. The largest absolute Gasteiger partial charge is 0.478 e. The molecular weight excluding hydrogens is 817 g/mol. The van der Waals surface area contributed by atoms with Crippen molar-refractivity contribution in [3.63, 3.8) is 0 Å². The number of carboxylic acid groups (broad SMARTS) is 2. The van der Waals surface area contributed by atoms with Crippen LogP contribution in [0.15, 0.2) is 108 Å². The zero-order valence-electron chi connectivity index (χ0n) is 29.8. The van der Waals surface area contributed by atoms with Crippen LogP contribution in [0.25, 0.3) is 72.4 Å². The molecule has 8 aromatic heterocycles. The molecule has 8 nitrogen and oxygen atoms in total. The van der Waals surface area contributed by atoms with Gasteiger partial charge in [-0.2, -0.15) is 0 Å². The summed E-state index contributed by atoms with van der Waals surface area (Å²) in [5.41, 5.74) is 2.07. The van der Waals surface area contributed by atoms with E-state index in [1.807, 2.05) is 64.1 Å². The number of aromatic nitrogens is 4. The summed E-state index contributed by atoms with van der Waals surface area (Å²) in [6, 6.07) is 27.0. The maximum absolute atomic E-state index is 12.1. The van der Waals surface area contributed by atoms with Crippen LogP contribution in [-0.2, 0) is 0 Å². The molecule has 56 heavy (non-hydrogen) atoms. The highest BCUT2D eigenvalue weighted by molar-refractivity contribution is 8.01. The lowest BCUT2D eigenvalue weighted by Crippen LogP contribution is -2.02. The summed E-state index contributed by atoms with van der Waals surface area (Å²) in [6.45, 7) is 2.25. The first-order valence-electron chi connectivity index (χ1n) is 17.7. The Balaban J connectivity index is 0.973. The third kappa shape index (κ3) is 8.60. The molecule has 0 aliphatic heterocycles. The van der Waals surface area contributed by atoms with E-state index in [1.165, 1.54) is 95.4 Å². The van der Waals surface area contributed by atoms with Gasteiger partial charge in [0.15, 0.2) is 0 Å². The van der Waals surface area contributed by atoms with Crippen LogP contribution in [0, 0.1) is 0 Å². The zero-order chi connectivity index (χ0) is 38.6. The average Bonchev–Trinajstić information content (AvgIpc) is 4.07. The quantitative estimate of drug-likeness (QED) is 0.0766. The van der Waals surface area contributed by atoms with Crippen molar-refractivity contribution in [2.24, 2.45) is 0 Å². The first-order valence-corrected chi connectivity index (χ1v) is 22.8. The van der Waals surface area contributed by atoms with Gasteiger partial charge in [-0.3, -0.25) is 9.97 Å². The van der Waals surface area contributed by atoms with Gasteiger partial charge in [0, 0.05) is 58.3 Å². The Morgan fingerprint density at radius 2 is 1.09 bits per heavy atom. The summed E-state index contributed by atoms with van der Waals surface area (Å²) < 4.78 is 1.40. The smallest absolute Gasteiger partial charge is 0.335 e. The highest BCUT2D eigenvalue weighted by Crippen LogP contribution is 2.45. The van der Waals surface area contributed by atoms with Gasteiger partial charge in [-0.1, -0.05) is 26.2 Å². The van der Waals surface area contributed by atoms with Crippen LogP contribution in [0.3, 0.4) is 0 Å². The van der Waals surface area contributed by atoms with Gasteiger partial charge in [-0.25, -0.2) is 19.6 Å². The summed E-state index contributed by atoms with van der Waals surface area (Å²) >= 11 is 10.9. The molecule has 0 bridgehead atoms. The molecule has 0 unspecified atom stereocenters. The van der Waals surface area contributed by atoms with Crippen molar-refractivity contribution in [3.8, 4) is 72.4 Å². The molecule has 0 amide bonds. The van der Waals surface area contributed by atoms with Gasteiger partial charge in [0.1, 0.15) is 5.01 Å². The second-order valence-corrected chi connectivity index (χ2v) is 19.4. The number of carbonyl (C=O) groups is 2. The third-order valence-corrected chi connectivity index (χ3v) is 16.2. The van der Waals surface area contributed by atoms with E-state index in [0.717, 1.165) is 20.3 Å². The van der Waals surface area contributed by atoms with Crippen molar-refractivity contribution in [1.29, 1.82) is 0 Å². The van der Waals surface area contributed by atoms with Crippen LogP contribution in [0.4, 0.5) is 0 Å². The van der Waals surface area contributed by atoms with Gasteiger partial charge in [0.2, 0.25) is 0 Å². The first kappa shape index (κ1) is 38.1. The van der Waals surface area contributed by atoms with E-state index in [9.17, 15) is 19.8 Å². The number of thiophene rings is 4. The van der Waals surface area contributed by atoms with Gasteiger partial charge < -0.3 is 10.2 Å². The van der Waals surface area contributed by atoms with Crippen molar-refractivity contribution in [2.45, 2.75) is 36.8 Å². The number of carboxylic acids is 2. The van der Waals surface area contributed by atoms with Crippen LogP contribution < -0.4 is 0 Å². The molecular formula is C42H32N4O4S6. The fourth-order valence-corrected chi connectivity index (χ4v) is 12.4. The van der Waals surface area contributed by atoms with Crippen LogP contribution >= 0.6 is 68.4 Å². The number of hydrogen-bond acceptors (Lipinski definition) is 12. The van der Waals surface area contributed by atoms with E-state index in [2.05, 4.69) is 70.4 Å². The van der Waals surface area contributed by atoms with E-state index < -0.39 is 11.9 Å². The molecule has 0 aromatic carbocycles. The Morgan fingerprint density at radius 3 is 1.70 bits per heavy atom. The lowest BCUT2D eigenvalue weighted by Gasteiger charge is -2.08. The average molecular weight is 849 g/mol. The number of pyridine rings is 3. The van der Waals surface area contributed by atoms with Crippen LogP contribution in [0.1, 0.15) is 53.3 Å². The molecule has 0 aliphatic carbocycles. The molecule has 0 spiro atoms. The van der Waals surface area contributed by atoms with Gasteiger partial charge in [0.25, 0.3) is 0 Å². The fraction of sp³-hybridized carbons (Fsp3) is 0.143. The Hall–Kier alpha value is -4.83.